The van der Waals surface area contributed by atoms with Crippen LogP contribution in [-0.2, 0) is 0 Å². The van der Waals surface area contributed by atoms with Gasteiger partial charge in [0.05, 0.1) is 0 Å². The van der Waals surface area contributed by atoms with Crippen molar-refractivity contribution < 1.29 is 0 Å². The molecule has 1 atom stereocenters. The van der Waals surface area contributed by atoms with Gasteiger partial charge in [-0.1, -0.05) is 25.4 Å². The standard InChI is InChI=1S/C13H18ClN5/c1-8(2)10-4-5-18(6-10)12-9(3)11(14)17-13-15-7-16-19(12)13/h7-8,10H,4-6H2,1-3H3. The van der Waals surface area contributed by atoms with Crippen LogP contribution in [0, 0.1) is 18.8 Å². The van der Waals surface area contributed by atoms with E-state index in [2.05, 4.69) is 33.8 Å². The molecule has 5 nitrogen and oxygen atoms in total. The van der Waals surface area contributed by atoms with E-state index in [1.54, 1.807) is 4.52 Å². The molecule has 1 unspecified atom stereocenters. The van der Waals surface area contributed by atoms with Gasteiger partial charge in [0, 0.05) is 18.7 Å². The maximum absolute atomic E-state index is 6.21. The number of hydrogen-bond acceptors (Lipinski definition) is 4. The molecule has 2 aromatic rings. The number of hydrogen-bond donors (Lipinski definition) is 0. The number of anilines is 1. The highest BCUT2D eigenvalue weighted by Crippen LogP contribution is 2.32. The lowest BCUT2D eigenvalue weighted by molar-refractivity contribution is 0.422. The van der Waals surface area contributed by atoms with Gasteiger partial charge in [-0.3, -0.25) is 0 Å². The largest absolute Gasteiger partial charge is 0.356 e. The van der Waals surface area contributed by atoms with Crippen molar-refractivity contribution in [1.82, 2.24) is 19.6 Å². The van der Waals surface area contributed by atoms with Crippen molar-refractivity contribution in [2.24, 2.45) is 11.8 Å². The first-order chi connectivity index (χ1) is 9.08. The zero-order chi connectivity index (χ0) is 13.6. The first-order valence-electron chi connectivity index (χ1n) is 6.68. The van der Waals surface area contributed by atoms with E-state index in [-0.39, 0.29) is 0 Å². The van der Waals surface area contributed by atoms with Crippen LogP contribution in [-0.4, -0.2) is 32.7 Å². The molecule has 1 aliphatic heterocycles. The average molecular weight is 280 g/mol. The number of halogens is 1. The van der Waals surface area contributed by atoms with Gasteiger partial charge in [0.1, 0.15) is 17.3 Å². The Balaban J connectivity index is 2.05. The van der Waals surface area contributed by atoms with E-state index in [0.29, 0.717) is 16.8 Å². The predicted octanol–water partition coefficient (Wildman–Crippen LogP) is 2.57. The lowest BCUT2D eigenvalue weighted by atomic mass is 9.95. The monoisotopic (exact) mass is 279 g/mol. The lowest BCUT2D eigenvalue weighted by Crippen LogP contribution is -2.25. The van der Waals surface area contributed by atoms with E-state index in [9.17, 15) is 0 Å². The number of aromatic nitrogens is 4. The van der Waals surface area contributed by atoms with Crippen LogP contribution in [0.4, 0.5) is 5.82 Å². The van der Waals surface area contributed by atoms with Gasteiger partial charge in [-0.25, -0.2) is 0 Å². The summed E-state index contributed by atoms with van der Waals surface area (Å²) in [5.74, 6) is 3.04. The molecule has 19 heavy (non-hydrogen) atoms. The maximum Gasteiger partial charge on any atom is 0.255 e. The third-order valence-corrected chi connectivity index (χ3v) is 4.41. The number of nitrogens with zero attached hydrogens (tertiary/aromatic N) is 5. The average Bonchev–Trinajstić information content (AvgIpc) is 2.99. The van der Waals surface area contributed by atoms with E-state index < -0.39 is 0 Å². The SMILES string of the molecule is Cc1c(Cl)nc2ncnn2c1N1CCC(C(C)C)C1. The highest BCUT2D eigenvalue weighted by Gasteiger charge is 2.28. The molecule has 3 heterocycles. The Bertz CT molecular complexity index is 606. The van der Waals surface area contributed by atoms with Crippen molar-refractivity contribution in [3.63, 3.8) is 0 Å². The highest BCUT2D eigenvalue weighted by atomic mass is 35.5. The van der Waals surface area contributed by atoms with Gasteiger partial charge in [-0.15, -0.1) is 0 Å². The molecule has 0 amide bonds. The minimum absolute atomic E-state index is 0.517. The second kappa shape index (κ2) is 4.63. The fourth-order valence-electron chi connectivity index (χ4n) is 2.78. The first-order valence-corrected chi connectivity index (χ1v) is 7.06. The smallest absolute Gasteiger partial charge is 0.255 e. The van der Waals surface area contributed by atoms with Gasteiger partial charge in [0.2, 0.25) is 0 Å². The molecule has 0 aliphatic carbocycles. The second-order valence-corrected chi connectivity index (χ2v) is 5.92. The molecule has 0 N–H and O–H groups in total. The molecule has 1 fully saturated rings. The number of rotatable bonds is 2. The Labute approximate surface area is 117 Å². The zero-order valence-electron chi connectivity index (χ0n) is 11.5. The van der Waals surface area contributed by atoms with Gasteiger partial charge in [0.15, 0.2) is 0 Å². The van der Waals surface area contributed by atoms with Crippen LogP contribution in [0.3, 0.4) is 0 Å². The van der Waals surface area contributed by atoms with Gasteiger partial charge < -0.3 is 4.90 Å². The summed E-state index contributed by atoms with van der Waals surface area (Å²) in [4.78, 5) is 10.7. The van der Waals surface area contributed by atoms with E-state index in [1.807, 2.05) is 6.92 Å². The van der Waals surface area contributed by atoms with Crippen molar-refractivity contribution in [2.75, 3.05) is 18.0 Å². The van der Waals surface area contributed by atoms with Crippen molar-refractivity contribution >= 4 is 23.2 Å². The summed E-state index contributed by atoms with van der Waals surface area (Å²) in [5, 5.41) is 4.79. The van der Waals surface area contributed by atoms with Crippen molar-refractivity contribution in [3.05, 3.63) is 17.0 Å². The fourth-order valence-corrected chi connectivity index (χ4v) is 2.94. The topological polar surface area (TPSA) is 46.3 Å². The van der Waals surface area contributed by atoms with Crippen molar-refractivity contribution in [1.29, 1.82) is 0 Å². The van der Waals surface area contributed by atoms with E-state index >= 15 is 0 Å². The molecule has 0 saturated carbocycles. The van der Waals surface area contributed by atoms with Gasteiger partial charge >= 0.3 is 0 Å². The molecule has 3 rings (SSSR count). The van der Waals surface area contributed by atoms with Crippen LogP contribution >= 0.6 is 11.6 Å². The Kier molecular flexibility index (Phi) is 3.09. The summed E-state index contributed by atoms with van der Waals surface area (Å²) in [6, 6.07) is 0. The molecule has 102 valence electrons. The molecule has 0 radical (unpaired) electrons. The van der Waals surface area contributed by atoms with Crippen LogP contribution in [0.25, 0.3) is 5.78 Å². The van der Waals surface area contributed by atoms with Crippen LogP contribution in [0.5, 0.6) is 0 Å². The minimum Gasteiger partial charge on any atom is -0.356 e. The van der Waals surface area contributed by atoms with Gasteiger partial charge in [-0.2, -0.15) is 19.6 Å². The molecule has 1 saturated heterocycles. The summed E-state index contributed by atoms with van der Waals surface area (Å²) < 4.78 is 1.80. The predicted molar refractivity (Wildman–Crippen MR) is 75.7 cm³/mol. The van der Waals surface area contributed by atoms with Crippen molar-refractivity contribution in [3.8, 4) is 0 Å². The zero-order valence-corrected chi connectivity index (χ0v) is 12.2. The summed E-state index contributed by atoms with van der Waals surface area (Å²) in [6.07, 6.45) is 2.74. The van der Waals surface area contributed by atoms with Crippen LogP contribution < -0.4 is 4.90 Å². The fraction of sp³-hybridized carbons (Fsp3) is 0.615. The Morgan fingerprint density at radius 2 is 2.21 bits per heavy atom. The molecule has 0 spiro atoms. The van der Waals surface area contributed by atoms with Gasteiger partial charge in [0.25, 0.3) is 5.78 Å². The lowest BCUT2D eigenvalue weighted by Gasteiger charge is -2.22. The number of fused-ring (bicyclic) bond motifs is 1. The third kappa shape index (κ3) is 2.06. The normalized spacial score (nSPS) is 19.8. The van der Waals surface area contributed by atoms with E-state index in [1.165, 1.54) is 12.7 Å². The summed E-state index contributed by atoms with van der Waals surface area (Å²) in [6.45, 7) is 8.65. The van der Waals surface area contributed by atoms with Crippen LogP contribution in [0.2, 0.25) is 5.15 Å². The van der Waals surface area contributed by atoms with Crippen LogP contribution in [0.1, 0.15) is 25.8 Å². The first kappa shape index (κ1) is 12.7. The molecule has 0 bridgehead atoms. The van der Waals surface area contributed by atoms with E-state index in [4.69, 9.17) is 11.6 Å². The Hall–Kier alpha value is -1.36. The molecule has 0 aromatic carbocycles. The Morgan fingerprint density at radius 3 is 2.89 bits per heavy atom. The second-order valence-electron chi connectivity index (χ2n) is 5.56. The third-order valence-electron chi connectivity index (χ3n) is 4.04. The summed E-state index contributed by atoms with van der Waals surface area (Å²) in [7, 11) is 0. The quantitative estimate of drug-likeness (QED) is 0.793. The minimum atomic E-state index is 0.517. The molecule has 6 heteroatoms. The summed E-state index contributed by atoms with van der Waals surface area (Å²) in [5.41, 5.74) is 0.976. The highest BCUT2D eigenvalue weighted by molar-refractivity contribution is 6.30. The molecule has 2 aromatic heterocycles. The van der Waals surface area contributed by atoms with Crippen LogP contribution in [0.15, 0.2) is 6.33 Å². The molecule has 1 aliphatic rings. The van der Waals surface area contributed by atoms with Gasteiger partial charge in [-0.05, 0) is 25.2 Å². The molecular weight excluding hydrogens is 262 g/mol. The van der Waals surface area contributed by atoms with Crippen molar-refractivity contribution in [2.45, 2.75) is 27.2 Å². The molecular formula is C13H18ClN5. The van der Waals surface area contributed by atoms with E-state index in [0.717, 1.165) is 30.4 Å². The Morgan fingerprint density at radius 1 is 1.42 bits per heavy atom. The summed E-state index contributed by atoms with van der Waals surface area (Å²) >= 11 is 6.21. The maximum atomic E-state index is 6.21.